The third-order valence-electron chi connectivity index (χ3n) is 3.27. The van der Waals surface area contributed by atoms with Gasteiger partial charge in [-0.1, -0.05) is 0 Å². The van der Waals surface area contributed by atoms with Crippen LogP contribution >= 0.6 is 11.3 Å². The second-order valence-corrected chi connectivity index (χ2v) is 6.20. The summed E-state index contributed by atoms with van der Waals surface area (Å²) in [5.74, 6) is -0.361. The van der Waals surface area contributed by atoms with E-state index in [1.165, 1.54) is 17.4 Å². The number of hydrogen-bond donors (Lipinski definition) is 0. The highest BCUT2D eigenvalue weighted by Gasteiger charge is 2.25. The fourth-order valence-corrected chi connectivity index (χ4v) is 2.87. The van der Waals surface area contributed by atoms with E-state index < -0.39 is 0 Å². The van der Waals surface area contributed by atoms with Gasteiger partial charge in [-0.2, -0.15) is 0 Å². The summed E-state index contributed by atoms with van der Waals surface area (Å²) in [7, 11) is 0. The van der Waals surface area contributed by atoms with Crippen LogP contribution in [-0.2, 0) is 14.3 Å². The first-order valence-corrected chi connectivity index (χ1v) is 8.13. The van der Waals surface area contributed by atoms with E-state index in [1.807, 2.05) is 6.92 Å². The monoisotopic (exact) mass is 324 g/mol. The van der Waals surface area contributed by atoms with Crippen LogP contribution in [0.25, 0.3) is 6.08 Å². The van der Waals surface area contributed by atoms with Gasteiger partial charge in [-0.3, -0.25) is 0 Å². The number of piperidine rings is 1. The molecule has 2 heterocycles. The quantitative estimate of drug-likeness (QED) is 0.629. The standard InChI is InChI=1S/C15H20N2O4S/c1-3-20-15(19)17-8-6-12(7-9-17)21-14(18)5-4-13-10-16-11(2)22-13/h4-5,10,12H,3,6-9H2,1-2H3/b5-4+. The topological polar surface area (TPSA) is 68.7 Å². The first kappa shape index (κ1) is 16.5. The van der Waals surface area contributed by atoms with Crippen LogP contribution < -0.4 is 0 Å². The Balaban J connectivity index is 1.74. The summed E-state index contributed by atoms with van der Waals surface area (Å²) in [4.78, 5) is 30.0. The van der Waals surface area contributed by atoms with Gasteiger partial charge in [-0.25, -0.2) is 14.6 Å². The maximum absolute atomic E-state index is 11.8. The number of carbonyl (C=O) groups is 2. The van der Waals surface area contributed by atoms with Crippen molar-refractivity contribution in [1.29, 1.82) is 0 Å². The number of amides is 1. The summed E-state index contributed by atoms with van der Waals surface area (Å²) < 4.78 is 10.3. The maximum Gasteiger partial charge on any atom is 0.409 e. The van der Waals surface area contributed by atoms with E-state index >= 15 is 0 Å². The molecule has 0 spiro atoms. The number of rotatable bonds is 4. The van der Waals surface area contributed by atoms with E-state index in [2.05, 4.69) is 4.98 Å². The molecule has 0 radical (unpaired) electrons. The summed E-state index contributed by atoms with van der Waals surface area (Å²) in [5.41, 5.74) is 0. The molecule has 0 aliphatic carbocycles. The van der Waals surface area contributed by atoms with Crippen LogP contribution in [0.2, 0.25) is 0 Å². The predicted octanol–water partition coefficient (Wildman–Crippen LogP) is 2.63. The number of esters is 1. The molecule has 0 unspecified atom stereocenters. The van der Waals surface area contributed by atoms with Gasteiger partial charge in [-0.05, 0) is 19.9 Å². The molecule has 7 heteroatoms. The average molecular weight is 324 g/mol. The van der Waals surface area contributed by atoms with Gasteiger partial charge < -0.3 is 14.4 Å². The molecule has 1 aromatic rings. The van der Waals surface area contributed by atoms with Gasteiger partial charge >= 0.3 is 12.1 Å². The number of aromatic nitrogens is 1. The molecule has 120 valence electrons. The lowest BCUT2D eigenvalue weighted by molar-refractivity contribution is -0.144. The average Bonchev–Trinajstić information content (AvgIpc) is 2.92. The molecule has 0 saturated carbocycles. The van der Waals surface area contributed by atoms with E-state index in [0.29, 0.717) is 32.5 Å². The van der Waals surface area contributed by atoms with Crippen molar-refractivity contribution in [1.82, 2.24) is 9.88 Å². The van der Waals surface area contributed by atoms with Crippen molar-refractivity contribution in [2.24, 2.45) is 0 Å². The Labute approximate surface area is 133 Å². The summed E-state index contributed by atoms with van der Waals surface area (Å²) in [6.45, 7) is 5.17. The minimum atomic E-state index is -0.361. The summed E-state index contributed by atoms with van der Waals surface area (Å²) in [5, 5.41) is 0.958. The predicted molar refractivity (Wildman–Crippen MR) is 83.6 cm³/mol. The molecule has 1 saturated heterocycles. The second-order valence-electron chi connectivity index (χ2n) is 4.94. The first-order chi connectivity index (χ1) is 10.6. The van der Waals surface area contributed by atoms with Crippen molar-refractivity contribution in [2.45, 2.75) is 32.8 Å². The molecule has 0 aromatic carbocycles. The molecule has 22 heavy (non-hydrogen) atoms. The number of carbonyl (C=O) groups excluding carboxylic acids is 2. The molecule has 0 N–H and O–H groups in total. The van der Waals surface area contributed by atoms with Crippen LogP contribution in [0.1, 0.15) is 29.7 Å². The lowest BCUT2D eigenvalue weighted by Gasteiger charge is -2.30. The van der Waals surface area contributed by atoms with Crippen molar-refractivity contribution >= 4 is 29.5 Å². The largest absolute Gasteiger partial charge is 0.459 e. The van der Waals surface area contributed by atoms with Gasteiger partial charge in [-0.15, -0.1) is 11.3 Å². The minimum Gasteiger partial charge on any atom is -0.459 e. The molecule has 2 rings (SSSR count). The Kier molecular flexibility index (Phi) is 5.94. The Morgan fingerprint density at radius 1 is 1.45 bits per heavy atom. The molecule has 0 atom stereocenters. The third-order valence-corrected chi connectivity index (χ3v) is 4.15. The van der Waals surface area contributed by atoms with Gasteiger partial charge in [0.2, 0.25) is 0 Å². The first-order valence-electron chi connectivity index (χ1n) is 7.31. The number of thiazole rings is 1. The van der Waals surface area contributed by atoms with Gasteiger partial charge in [0, 0.05) is 43.1 Å². The van der Waals surface area contributed by atoms with Crippen LogP contribution in [0.4, 0.5) is 4.79 Å². The summed E-state index contributed by atoms with van der Waals surface area (Å²) >= 11 is 1.52. The highest BCUT2D eigenvalue weighted by atomic mass is 32.1. The second kappa shape index (κ2) is 7.93. The maximum atomic E-state index is 11.8. The Morgan fingerprint density at radius 2 is 2.18 bits per heavy atom. The zero-order chi connectivity index (χ0) is 15.9. The molecule has 1 amide bonds. The van der Waals surface area contributed by atoms with Gasteiger partial charge in [0.15, 0.2) is 0 Å². The van der Waals surface area contributed by atoms with Crippen LogP contribution in [0.15, 0.2) is 12.3 Å². The molecule has 6 nitrogen and oxygen atoms in total. The lowest BCUT2D eigenvalue weighted by atomic mass is 10.1. The Morgan fingerprint density at radius 3 is 2.77 bits per heavy atom. The molecule has 1 aliphatic rings. The normalized spacial score (nSPS) is 16.0. The molecule has 0 bridgehead atoms. The highest BCUT2D eigenvalue weighted by Crippen LogP contribution is 2.16. The number of nitrogens with zero attached hydrogens (tertiary/aromatic N) is 2. The van der Waals surface area contributed by atoms with E-state index in [4.69, 9.17) is 9.47 Å². The van der Waals surface area contributed by atoms with E-state index in [-0.39, 0.29) is 18.2 Å². The summed E-state index contributed by atoms with van der Waals surface area (Å²) in [6, 6.07) is 0. The number of likely N-dealkylation sites (tertiary alicyclic amines) is 1. The highest BCUT2D eigenvalue weighted by molar-refractivity contribution is 7.12. The summed E-state index contributed by atoms with van der Waals surface area (Å²) in [6.07, 6.45) is 5.68. The minimum absolute atomic E-state index is 0.147. The van der Waals surface area contributed by atoms with Gasteiger partial charge in [0.25, 0.3) is 0 Å². The van der Waals surface area contributed by atoms with Crippen LogP contribution in [-0.4, -0.2) is 47.7 Å². The molecular weight excluding hydrogens is 304 g/mol. The fourth-order valence-electron chi connectivity index (χ4n) is 2.18. The van der Waals surface area contributed by atoms with Crippen molar-refractivity contribution in [3.63, 3.8) is 0 Å². The van der Waals surface area contributed by atoms with Crippen molar-refractivity contribution in [2.75, 3.05) is 19.7 Å². The smallest absolute Gasteiger partial charge is 0.409 e. The van der Waals surface area contributed by atoms with Crippen molar-refractivity contribution in [3.8, 4) is 0 Å². The van der Waals surface area contributed by atoms with Crippen molar-refractivity contribution in [3.05, 3.63) is 22.2 Å². The molecule has 1 aromatic heterocycles. The number of ether oxygens (including phenoxy) is 2. The van der Waals surface area contributed by atoms with Crippen LogP contribution in [0.3, 0.4) is 0 Å². The zero-order valence-corrected chi connectivity index (χ0v) is 13.6. The number of aryl methyl sites for hydroxylation is 1. The van der Waals surface area contributed by atoms with Crippen molar-refractivity contribution < 1.29 is 19.1 Å². The van der Waals surface area contributed by atoms with E-state index in [1.54, 1.807) is 24.1 Å². The zero-order valence-electron chi connectivity index (χ0n) is 12.8. The van der Waals surface area contributed by atoms with Crippen LogP contribution in [0.5, 0.6) is 0 Å². The molecule has 1 fully saturated rings. The fraction of sp³-hybridized carbons (Fsp3) is 0.533. The van der Waals surface area contributed by atoms with Gasteiger partial charge in [0.1, 0.15) is 6.10 Å². The van der Waals surface area contributed by atoms with Gasteiger partial charge in [0.05, 0.1) is 11.6 Å². The lowest BCUT2D eigenvalue weighted by Crippen LogP contribution is -2.41. The van der Waals surface area contributed by atoms with E-state index in [9.17, 15) is 9.59 Å². The third kappa shape index (κ3) is 4.84. The molecular formula is C15H20N2O4S. The molecule has 1 aliphatic heterocycles. The van der Waals surface area contributed by atoms with Crippen LogP contribution in [0, 0.1) is 6.92 Å². The SMILES string of the molecule is CCOC(=O)N1CCC(OC(=O)/C=C/c2cnc(C)s2)CC1. The Bertz CT molecular complexity index is 547. The Hall–Kier alpha value is -1.89. The number of hydrogen-bond acceptors (Lipinski definition) is 6. The van der Waals surface area contributed by atoms with E-state index in [0.717, 1.165) is 9.88 Å².